The van der Waals surface area contributed by atoms with Crippen LogP contribution in [0.4, 0.5) is 39.5 Å². The van der Waals surface area contributed by atoms with Crippen molar-refractivity contribution in [1.29, 1.82) is 0 Å². The number of pyridine rings is 1. The van der Waals surface area contributed by atoms with E-state index >= 15 is 0 Å². The number of nitrogen functional groups attached to an aromatic ring is 1. The summed E-state index contributed by atoms with van der Waals surface area (Å²) in [4.78, 5) is 23.5. The Balaban J connectivity index is 1.41. The summed E-state index contributed by atoms with van der Waals surface area (Å²) in [5.74, 6) is -0.558. The van der Waals surface area contributed by atoms with Gasteiger partial charge in [-0.05, 0) is 42.0 Å². The molecule has 202 valence electrons. The molecule has 0 spiro atoms. The molecule has 15 heteroatoms. The zero-order valence-electron chi connectivity index (χ0n) is 19.8. The van der Waals surface area contributed by atoms with Crippen molar-refractivity contribution < 1.29 is 35.5 Å². The number of carbonyl (C=O) groups excluding carboxylic acids is 1. The fourth-order valence-electron chi connectivity index (χ4n) is 3.31. The summed E-state index contributed by atoms with van der Waals surface area (Å²) in [5, 5.41) is 4.64. The van der Waals surface area contributed by atoms with Gasteiger partial charge in [0.05, 0.1) is 34.2 Å². The number of urea groups is 1. The number of hydrogen-bond acceptors (Lipinski definition) is 8. The number of aromatic nitrogens is 3. The van der Waals surface area contributed by atoms with E-state index in [0.29, 0.717) is 11.8 Å². The largest absolute Gasteiger partial charge is 0.424 e. The quantitative estimate of drug-likeness (QED) is 0.217. The first-order valence-corrected chi connectivity index (χ1v) is 12.7. The number of anilines is 3. The second kappa shape index (κ2) is 10.5. The van der Waals surface area contributed by atoms with Crippen LogP contribution < -0.4 is 21.1 Å². The lowest BCUT2D eigenvalue weighted by Gasteiger charge is -2.12. The van der Waals surface area contributed by atoms with Gasteiger partial charge in [0, 0.05) is 18.0 Å². The van der Waals surface area contributed by atoms with Gasteiger partial charge in [-0.15, -0.1) is 0 Å². The Morgan fingerprint density at radius 2 is 1.62 bits per heavy atom. The molecule has 39 heavy (non-hydrogen) atoms. The van der Waals surface area contributed by atoms with E-state index < -0.39 is 33.4 Å². The molecule has 0 unspecified atom stereocenters. The Bertz CT molecular complexity index is 1630. The number of alkyl halides is 3. The maximum absolute atomic E-state index is 13.6. The lowest BCUT2D eigenvalue weighted by Crippen LogP contribution is -2.21. The molecule has 0 aliphatic rings. The summed E-state index contributed by atoms with van der Waals surface area (Å²) in [6, 6.07) is 8.69. The second-order valence-electron chi connectivity index (χ2n) is 8.03. The first kappa shape index (κ1) is 27.3. The Morgan fingerprint density at radius 3 is 2.23 bits per heavy atom. The van der Waals surface area contributed by atoms with Crippen molar-refractivity contribution in [3.63, 3.8) is 0 Å². The molecular formula is C24H18F4N6O4S. The van der Waals surface area contributed by atoms with Gasteiger partial charge in [-0.1, -0.05) is 12.1 Å². The van der Waals surface area contributed by atoms with Crippen LogP contribution in [0.2, 0.25) is 0 Å². The summed E-state index contributed by atoms with van der Waals surface area (Å²) < 4.78 is 81.9. The molecule has 4 N–H and O–H groups in total. The van der Waals surface area contributed by atoms with Crippen LogP contribution in [0.5, 0.6) is 11.8 Å². The van der Waals surface area contributed by atoms with Crippen molar-refractivity contribution in [2.75, 3.05) is 22.6 Å². The number of halogens is 4. The summed E-state index contributed by atoms with van der Waals surface area (Å²) in [5.41, 5.74) is 5.15. The first-order chi connectivity index (χ1) is 18.3. The molecule has 2 amide bonds. The van der Waals surface area contributed by atoms with Crippen LogP contribution in [0.3, 0.4) is 0 Å². The van der Waals surface area contributed by atoms with Crippen LogP contribution in [-0.2, 0) is 16.0 Å². The van der Waals surface area contributed by atoms with Crippen LogP contribution in [0, 0.1) is 5.82 Å². The number of rotatable bonds is 6. The van der Waals surface area contributed by atoms with Crippen molar-refractivity contribution in [2.45, 2.75) is 11.1 Å². The molecular weight excluding hydrogens is 544 g/mol. The Hall–Kier alpha value is -4.79. The van der Waals surface area contributed by atoms with Crippen molar-refractivity contribution in [3.8, 4) is 22.9 Å². The van der Waals surface area contributed by atoms with Gasteiger partial charge >= 0.3 is 18.2 Å². The number of nitrogens with zero attached hydrogens (tertiary/aromatic N) is 3. The summed E-state index contributed by atoms with van der Waals surface area (Å²) in [6.07, 6.45) is -0.593. The summed E-state index contributed by atoms with van der Waals surface area (Å²) >= 11 is 0. The first-order valence-electron chi connectivity index (χ1n) is 10.8. The minimum atomic E-state index is -4.57. The van der Waals surface area contributed by atoms with Crippen LogP contribution in [0.25, 0.3) is 11.1 Å². The van der Waals surface area contributed by atoms with Gasteiger partial charge in [-0.2, -0.15) is 13.2 Å². The van der Waals surface area contributed by atoms with Gasteiger partial charge < -0.3 is 21.1 Å². The third kappa shape index (κ3) is 6.75. The van der Waals surface area contributed by atoms with E-state index in [-0.39, 0.29) is 39.4 Å². The molecule has 0 radical (unpaired) electrons. The van der Waals surface area contributed by atoms with E-state index in [0.717, 1.165) is 30.5 Å². The number of sulfone groups is 1. The molecule has 4 rings (SSSR count). The molecule has 0 bridgehead atoms. The molecule has 0 saturated heterocycles. The Morgan fingerprint density at radius 1 is 0.949 bits per heavy atom. The topological polar surface area (TPSA) is 149 Å². The van der Waals surface area contributed by atoms with Crippen molar-refractivity contribution in [1.82, 2.24) is 15.0 Å². The highest BCUT2D eigenvalue weighted by Crippen LogP contribution is 2.34. The standard InChI is InChI=1S/C24H18F4N6O4S/c1-39(36,37)20-7-4-15(25)9-19(20)34-22(35)33-16-11-31-23(32-12-16)38-17-5-2-13(3-6-17)18-8-14(24(26,27)28)10-30-21(18)29/h2-12H,1H3,(H2,29,30)(H2,33,34,35). The van der Waals surface area contributed by atoms with Gasteiger partial charge in [-0.25, -0.2) is 32.6 Å². The summed E-state index contributed by atoms with van der Waals surface area (Å²) in [7, 11) is -3.74. The number of ether oxygens (including phenoxy) is 1. The molecule has 4 aromatic rings. The van der Waals surface area contributed by atoms with Crippen molar-refractivity contribution in [2.24, 2.45) is 0 Å². The predicted molar refractivity (Wildman–Crippen MR) is 133 cm³/mol. The number of carbonyl (C=O) groups is 1. The number of benzene rings is 2. The lowest BCUT2D eigenvalue weighted by atomic mass is 10.0. The maximum atomic E-state index is 13.6. The molecule has 2 aromatic heterocycles. The summed E-state index contributed by atoms with van der Waals surface area (Å²) in [6.45, 7) is 0. The van der Waals surface area contributed by atoms with E-state index in [1.165, 1.54) is 36.7 Å². The zero-order valence-corrected chi connectivity index (χ0v) is 20.6. The average molecular weight is 563 g/mol. The third-order valence-corrected chi connectivity index (χ3v) is 6.25. The molecule has 0 aliphatic carbocycles. The van der Waals surface area contributed by atoms with Crippen LogP contribution in [0.1, 0.15) is 5.56 Å². The number of nitrogens with two attached hydrogens (primary N) is 1. The molecule has 2 aromatic carbocycles. The van der Waals surface area contributed by atoms with E-state index in [2.05, 4.69) is 25.6 Å². The molecule has 0 aliphatic heterocycles. The fourth-order valence-corrected chi connectivity index (χ4v) is 4.14. The predicted octanol–water partition coefficient (Wildman–Crippen LogP) is 5.12. The van der Waals surface area contributed by atoms with Gasteiger partial charge in [0.25, 0.3) is 0 Å². The van der Waals surface area contributed by atoms with Gasteiger partial charge in [0.1, 0.15) is 17.4 Å². The number of nitrogens with one attached hydrogen (secondary N) is 2. The highest BCUT2D eigenvalue weighted by Gasteiger charge is 2.31. The van der Waals surface area contributed by atoms with E-state index in [1.807, 2.05) is 0 Å². The SMILES string of the molecule is CS(=O)(=O)c1ccc(F)cc1NC(=O)Nc1cnc(Oc2ccc(-c3cc(C(F)(F)F)cnc3N)cc2)nc1. The smallest absolute Gasteiger partial charge is 0.417 e. The number of hydrogen-bond donors (Lipinski definition) is 3. The normalized spacial score (nSPS) is 11.6. The van der Waals surface area contributed by atoms with Gasteiger partial charge in [-0.3, -0.25) is 0 Å². The lowest BCUT2D eigenvalue weighted by molar-refractivity contribution is -0.137. The fraction of sp³-hybridized carbons (Fsp3) is 0.0833. The van der Waals surface area contributed by atoms with Gasteiger partial charge in [0.15, 0.2) is 9.84 Å². The van der Waals surface area contributed by atoms with Crippen molar-refractivity contribution in [3.05, 3.63) is 78.5 Å². The molecule has 2 heterocycles. The minimum Gasteiger partial charge on any atom is -0.424 e. The van der Waals surface area contributed by atoms with Crippen molar-refractivity contribution >= 4 is 33.1 Å². The van der Waals surface area contributed by atoms with Crippen LogP contribution in [0.15, 0.2) is 72.0 Å². The Kier molecular flexibility index (Phi) is 7.36. The molecule has 10 nitrogen and oxygen atoms in total. The third-order valence-electron chi connectivity index (χ3n) is 5.10. The monoisotopic (exact) mass is 562 g/mol. The van der Waals surface area contributed by atoms with E-state index in [9.17, 15) is 30.8 Å². The maximum Gasteiger partial charge on any atom is 0.417 e. The molecule has 0 fully saturated rings. The number of amides is 2. The Labute approximate surface area is 218 Å². The molecule has 0 saturated carbocycles. The minimum absolute atomic E-state index is 0.0722. The highest BCUT2D eigenvalue weighted by atomic mass is 32.2. The van der Waals surface area contributed by atoms with E-state index in [4.69, 9.17) is 10.5 Å². The van der Waals surface area contributed by atoms with Crippen LogP contribution >= 0.6 is 0 Å². The zero-order chi connectivity index (χ0) is 28.4. The molecule has 0 atom stereocenters. The van der Waals surface area contributed by atoms with Gasteiger partial charge in [0.2, 0.25) is 0 Å². The average Bonchev–Trinajstić information content (AvgIpc) is 2.84. The second-order valence-corrected chi connectivity index (χ2v) is 10.0. The van der Waals surface area contributed by atoms with E-state index in [1.54, 1.807) is 0 Å². The highest BCUT2D eigenvalue weighted by molar-refractivity contribution is 7.90. The van der Waals surface area contributed by atoms with Crippen LogP contribution in [-0.4, -0.2) is 35.7 Å².